The van der Waals surface area contributed by atoms with Crippen LogP contribution in [0, 0.1) is 5.92 Å². The first-order valence-corrected chi connectivity index (χ1v) is 7.90. The molecule has 2 rings (SSSR count). The molecule has 2 aliphatic rings. The molecule has 18 heavy (non-hydrogen) atoms. The Kier molecular flexibility index (Phi) is 5.46. The molecule has 0 bridgehead atoms. The third-order valence-corrected chi connectivity index (χ3v) is 4.95. The van der Waals surface area contributed by atoms with Crippen LogP contribution >= 0.6 is 0 Å². The quantitative estimate of drug-likeness (QED) is 0.806. The molecule has 0 spiro atoms. The van der Waals surface area contributed by atoms with Crippen LogP contribution in [-0.4, -0.2) is 61.7 Å². The number of piperazine rings is 1. The van der Waals surface area contributed by atoms with Gasteiger partial charge < -0.3 is 15.1 Å². The summed E-state index contributed by atoms with van der Waals surface area (Å²) in [6.45, 7) is 10.8. The summed E-state index contributed by atoms with van der Waals surface area (Å²) in [4.78, 5) is 5.25. The van der Waals surface area contributed by atoms with E-state index < -0.39 is 0 Å². The Labute approximate surface area is 113 Å². The van der Waals surface area contributed by atoms with E-state index in [4.69, 9.17) is 0 Å². The van der Waals surface area contributed by atoms with Crippen molar-refractivity contribution in [1.29, 1.82) is 0 Å². The first kappa shape index (κ1) is 14.3. The molecular weight excluding hydrogens is 222 g/mol. The maximum atomic E-state index is 3.68. The standard InChI is InChI=1S/C15H31N3/c1-4-14-12-18(10-9-17(14)3)11-13-7-6-8-15(13)16-5-2/h13-16H,4-12H2,1-3H3. The second kappa shape index (κ2) is 6.88. The minimum Gasteiger partial charge on any atom is -0.314 e. The molecule has 0 amide bonds. The molecule has 1 aliphatic heterocycles. The zero-order valence-corrected chi connectivity index (χ0v) is 12.5. The van der Waals surface area contributed by atoms with E-state index in [2.05, 4.69) is 36.0 Å². The van der Waals surface area contributed by atoms with E-state index in [0.29, 0.717) is 0 Å². The van der Waals surface area contributed by atoms with E-state index >= 15 is 0 Å². The normalized spacial score (nSPS) is 35.2. The Morgan fingerprint density at radius 1 is 1.17 bits per heavy atom. The molecular formula is C15H31N3. The van der Waals surface area contributed by atoms with E-state index in [1.807, 2.05) is 0 Å². The summed E-state index contributed by atoms with van der Waals surface area (Å²) < 4.78 is 0. The molecule has 2 fully saturated rings. The van der Waals surface area contributed by atoms with Gasteiger partial charge in [0.2, 0.25) is 0 Å². The van der Waals surface area contributed by atoms with Gasteiger partial charge in [-0.15, -0.1) is 0 Å². The lowest BCUT2D eigenvalue weighted by atomic mass is 10.0. The van der Waals surface area contributed by atoms with E-state index in [-0.39, 0.29) is 0 Å². The highest BCUT2D eigenvalue weighted by Gasteiger charge is 2.30. The largest absolute Gasteiger partial charge is 0.314 e. The van der Waals surface area contributed by atoms with Crippen molar-refractivity contribution in [2.45, 2.75) is 51.6 Å². The number of nitrogens with zero attached hydrogens (tertiary/aromatic N) is 2. The van der Waals surface area contributed by atoms with Gasteiger partial charge in [0.15, 0.2) is 0 Å². The van der Waals surface area contributed by atoms with Gasteiger partial charge in [-0.25, -0.2) is 0 Å². The van der Waals surface area contributed by atoms with Gasteiger partial charge in [0, 0.05) is 38.3 Å². The zero-order valence-electron chi connectivity index (χ0n) is 12.5. The molecule has 0 aromatic heterocycles. The van der Waals surface area contributed by atoms with Crippen LogP contribution < -0.4 is 5.32 Å². The molecule has 1 aliphatic carbocycles. The second-order valence-corrected chi connectivity index (χ2v) is 6.16. The molecule has 3 heteroatoms. The van der Waals surface area contributed by atoms with E-state index in [0.717, 1.165) is 24.5 Å². The fourth-order valence-electron chi connectivity index (χ4n) is 3.73. The smallest absolute Gasteiger partial charge is 0.0218 e. The summed E-state index contributed by atoms with van der Waals surface area (Å²) in [6, 6.07) is 1.56. The van der Waals surface area contributed by atoms with Crippen LogP contribution in [-0.2, 0) is 0 Å². The third-order valence-electron chi connectivity index (χ3n) is 4.95. The predicted molar refractivity (Wildman–Crippen MR) is 78.0 cm³/mol. The average Bonchev–Trinajstić information content (AvgIpc) is 2.80. The second-order valence-electron chi connectivity index (χ2n) is 6.16. The molecule has 1 heterocycles. The molecule has 1 saturated carbocycles. The van der Waals surface area contributed by atoms with Crippen LogP contribution in [0.5, 0.6) is 0 Å². The SMILES string of the molecule is CCNC1CCCC1CN1CCN(C)C(CC)C1. The number of nitrogens with one attached hydrogen (secondary N) is 1. The van der Waals surface area contributed by atoms with Gasteiger partial charge in [-0.2, -0.15) is 0 Å². The number of rotatable bonds is 5. The van der Waals surface area contributed by atoms with Crippen molar-refractivity contribution in [1.82, 2.24) is 15.1 Å². The van der Waals surface area contributed by atoms with Crippen LogP contribution in [0.2, 0.25) is 0 Å². The Balaban J connectivity index is 1.82. The number of hydrogen-bond acceptors (Lipinski definition) is 3. The van der Waals surface area contributed by atoms with Gasteiger partial charge in [-0.1, -0.05) is 20.3 Å². The third kappa shape index (κ3) is 3.46. The summed E-state index contributed by atoms with van der Waals surface area (Å²) in [7, 11) is 2.28. The topological polar surface area (TPSA) is 18.5 Å². The Morgan fingerprint density at radius 2 is 2.00 bits per heavy atom. The van der Waals surface area contributed by atoms with Crippen LogP contribution in [0.15, 0.2) is 0 Å². The van der Waals surface area contributed by atoms with Gasteiger partial charge in [-0.3, -0.25) is 0 Å². The van der Waals surface area contributed by atoms with Crippen molar-refractivity contribution in [3.63, 3.8) is 0 Å². The fourth-order valence-corrected chi connectivity index (χ4v) is 3.73. The average molecular weight is 253 g/mol. The Hall–Kier alpha value is -0.120. The number of likely N-dealkylation sites (N-methyl/N-ethyl adjacent to an activating group) is 1. The van der Waals surface area contributed by atoms with Gasteiger partial charge in [0.1, 0.15) is 0 Å². The van der Waals surface area contributed by atoms with Crippen molar-refractivity contribution >= 4 is 0 Å². The lowest BCUT2D eigenvalue weighted by Gasteiger charge is -2.40. The van der Waals surface area contributed by atoms with Crippen molar-refractivity contribution in [2.24, 2.45) is 5.92 Å². The van der Waals surface area contributed by atoms with Gasteiger partial charge in [0.25, 0.3) is 0 Å². The molecule has 3 unspecified atom stereocenters. The van der Waals surface area contributed by atoms with E-state index in [1.54, 1.807) is 0 Å². The van der Waals surface area contributed by atoms with Crippen LogP contribution in [0.3, 0.4) is 0 Å². The zero-order chi connectivity index (χ0) is 13.0. The molecule has 3 atom stereocenters. The minimum absolute atomic E-state index is 0.776. The molecule has 1 N–H and O–H groups in total. The van der Waals surface area contributed by atoms with Gasteiger partial charge >= 0.3 is 0 Å². The van der Waals surface area contributed by atoms with Gasteiger partial charge in [-0.05, 0) is 38.8 Å². The lowest BCUT2D eigenvalue weighted by molar-refractivity contribution is 0.0788. The molecule has 3 nitrogen and oxygen atoms in total. The highest BCUT2D eigenvalue weighted by atomic mass is 15.3. The van der Waals surface area contributed by atoms with Crippen LogP contribution in [0.1, 0.15) is 39.5 Å². The molecule has 0 aromatic carbocycles. The number of hydrogen-bond donors (Lipinski definition) is 1. The van der Waals surface area contributed by atoms with Crippen molar-refractivity contribution in [3.05, 3.63) is 0 Å². The van der Waals surface area contributed by atoms with Crippen LogP contribution in [0.4, 0.5) is 0 Å². The molecule has 1 saturated heterocycles. The molecule has 106 valence electrons. The minimum atomic E-state index is 0.776. The van der Waals surface area contributed by atoms with Crippen LogP contribution in [0.25, 0.3) is 0 Å². The summed E-state index contributed by atoms with van der Waals surface area (Å²) in [5.41, 5.74) is 0. The lowest BCUT2D eigenvalue weighted by Crippen LogP contribution is -2.53. The first-order chi connectivity index (χ1) is 8.74. The van der Waals surface area contributed by atoms with Crippen molar-refractivity contribution < 1.29 is 0 Å². The highest BCUT2D eigenvalue weighted by Crippen LogP contribution is 2.27. The Bertz CT molecular complexity index is 244. The first-order valence-electron chi connectivity index (χ1n) is 7.90. The summed E-state index contributed by atoms with van der Waals surface area (Å²) in [5, 5.41) is 3.68. The Morgan fingerprint density at radius 3 is 2.72 bits per heavy atom. The fraction of sp³-hybridized carbons (Fsp3) is 1.00. The molecule has 0 radical (unpaired) electrons. The predicted octanol–water partition coefficient (Wildman–Crippen LogP) is 1.79. The van der Waals surface area contributed by atoms with Gasteiger partial charge in [0.05, 0.1) is 0 Å². The van der Waals surface area contributed by atoms with E-state index in [1.165, 1.54) is 51.9 Å². The summed E-state index contributed by atoms with van der Waals surface area (Å²) >= 11 is 0. The van der Waals surface area contributed by atoms with Crippen molar-refractivity contribution in [2.75, 3.05) is 39.8 Å². The van der Waals surface area contributed by atoms with Crippen molar-refractivity contribution in [3.8, 4) is 0 Å². The van der Waals surface area contributed by atoms with E-state index in [9.17, 15) is 0 Å². The summed E-state index contributed by atoms with van der Waals surface area (Å²) in [6.07, 6.45) is 5.53. The highest BCUT2D eigenvalue weighted by molar-refractivity contribution is 4.87. The maximum Gasteiger partial charge on any atom is 0.0218 e. The maximum absolute atomic E-state index is 3.68. The summed E-state index contributed by atoms with van der Waals surface area (Å²) in [5.74, 6) is 0.894. The monoisotopic (exact) mass is 253 g/mol. The molecule has 0 aromatic rings.